The first-order chi connectivity index (χ1) is 9.97. The van der Waals surface area contributed by atoms with Crippen molar-refractivity contribution in [1.29, 1.82) is 0 Å². The Bertz CT molecular complexity index is 461. The van der Waals surface area contributed by atoms with Gasteiger partial charge in [-0.15, -0.1) is 0 Å². The quantitative estimate of drug-likeness (QED) is 0.725. The zero-order valence-corrected chi connectivity index (χ0v) is 13.9. The Morgan fingerprint density at radius 3 is 2.62 bits per heavy atom. The molecule has 4 nitrogen and oxygen atoms in total. The Kier molecular flexibility index (Phi) is 7.54. The van der Waals surface area contributed by atoms with E-state index >= 15 is 0 Å². The van der Waals surface area contributed by atoms with E-state index in [1.54, 1.807) is 18.2 Å². The molecule has 0 radical (unpaired) electrons. The van der Waals surface area contributed by atoms with E-state index in [1.165, 1.54) is 0 Å². The largest absolute Gasteiger partial charge is 0.398 e. The Balaban J connectivity index is 2.41. The van der Waals surface area contributed by atoms with Crippen LogP contribution in [0.4, 0.5) is 5.69 Å². The molecule has 0 aromatic heterocycles. The predicted octanol–water partition coefficient (Wildman–Crippen LogP) is 3.16. The summed E-state index contributed by atoms with van der Waals surface area (Å²) in [7, 11) is 0. The Hall–Kier alpha value is -1.26. The Morgan fingerprint density at radius 2 is 2.05 bits per heavy atom. The van der Waals surface area contributed by atoms with E-state index in [4.69, 9.17) is 17.3 Å². The number of rotatable bonds is 8. The van der Waals surface area contributed by atoms with E-state index in [0.717, 1.165) is 32.5 Å². The highest BCUT2D eigenvalue weighted by atomic mass is 35.5. The van der Waals surface area contributed by atoms with E-state index < -0.39 is 0 Å². The Labute approximate surface area is 132 Å². The van der Waals surface area contributed by atoms with Crippen LogP contribution in [0.2, 0.25) is 5.02 Å². The van der Waals surface area contributed by atoms with Crippen LogP contribution in [0.1, 0.15) is 44.0 Å². The molecule has 0 fully saturated rings. The SMILES string of the molecule is CCN(CC)CCCC(C)NC(=O)c1ccc(N)c(Cl)c1. The second-order valence-corrected chi connectivity index (χ2v) is 5.69. The van der Waals surface area contributed by atoms with Crippen molar-refractivity contribution < 1.29 is 4.79 Å². The summed E-state index contributed by atoms with van der Waals surface area (Å²) >= 11 is 5.93. The van der Waals surface area contributed by atoms with Gasteiger partial charge in [-0.3, -0.25) is 4.79 Å². The normalized spacial score (nSPS) is 12.4. The lowest BCUT2D eigenvalue weighted by Crippen LogP contribution is -2.33. The molecule has 1 rings (SSSR count). The fourth-order valence-corrected chi connectivity index (χ4v) is 2.39. The minimum Gasteiger partial charge on any atom is -0.398 e. The molecule has 1 unspecified atom stereocenters. The van der Waals surface area contributed by atoms with Crippen molar-refractivity contribution in [3.8, 4) is 0 Å². The maximum absolute atomic E-state index is 12.1. The van der Waals surface area contributed by atoms with E-state index in [1.807, 2.05) is 6.92 Å². The molecule has 0 saturated carbocycles. The molecule has 1 atom stereocenters. The van der Waals surface area contributed by atoms with Gasteiger partial charge in [0.05, 0.1) is 10.7 Å². The van der Waals surface area contributed by atoms with Crippen molar-refractivity contribution in [2.45, 2.75) is 39.7 Å². The van der Waals surface area contributed by atoms with Crippen LogP contribution in [0.25, 0.3) is 0 Å². The number of benzene rings is 1. The highest BCUT2D eigenvalue weighted by molar-refractivity contribution is 6.33. The third-order valence-corrected chi connectivity index (χ3v) is 3.97. The lowest BCUT2D eigenvalue weighted by atomic mass is 10.1. The first-order valence-electron chi connectivity index (χ1n) is 7.56. The third-order valence-electron chi connectivity index (χ3n) is 3.65. The zero-order chi connectivity index (χ0) is 15.8. The van der Waals surface area contributed by atoms with Gasteiger partial charge in [-0.1, -0.05) is 25.4 Å². The fourth-order valence-electron chi connectivity index (χ4n) is 2.21. The van der Waals surface area contributed by atoms with Gasteiger partial charge in [0.1, 0.15) is 0 Å². The summed E-state index contributed by atoms with van der Waals surface area (Å²) in [6.45, 7) is 9.57. The number of hydrogen-bond donors (Lipinski definition) is 2. The summed E-state index contributed by atoms with van der Waals surface area (Å²) < 4.78 is 0. The number of nitrogens with two attached hydrogens (primary N) is 1. The Morgan fingerprint density at radius 1 is 1.38 bits per heavy atom. The van der Waals surface area contributed by atoms with Crippen LogP contribution in [0.5, 0.6) is 0 Å². The number of nitrogens with one attached hydrogen (secondary N) is 1. The summed E-state index contributed by atoms with van der Waals surface area (Å²) in [4.78, 5) is 14.5. The van der Waals surface area contributed by atoms with Gasteiger partial charge in [0.15, 0.2) is 0 Å². The minimum absolute atomic E-state index is 0.104. The number of nitrogen functional groups attached to an aromatic ring is 1. The average Bonchev–Trinajstić information content (AvgIpc) is 2.46. The van der Waals surface area contributed by atoms with Gasteiger partial charge in [0.2, 0.25) is 0 Å². The molecular weight excluding hydrogens is 286 g/mol. The number of carbonyl (C=O) groups excluding carboxylic acids is 1. The van der Waals surface area contributed by atoms with E-state index in [9.17, 15) is 4.79 Å². The molecule has 0 saturated heterocycles. The summed E-state index contributed by atoms with van der Waals surface area (Å²) in [6, 6.07) is 5.10. The van der Waals surface area contributed by atoms with Gasteiger partial charge in [0, 0.05) is 11.6 Å². The molecule has 118 valence electrons. The fraction of sp³-hybridized carbons (Fsp3) is 0.562. The molecule has 0 heterocycles. The molecule has 0 bridgehead atoms. The van der Waals surface area contributed by atoms with Gasteiger partial charge in [-0.2, -0.15) is 0 Å². The molecule has 1 amide bonds. The summed E-state index contributed by atoms with van der Waals surface area (Å²) in [5.41, 5.74) is 6.67. The third kappa shape index (κ3) is 5.94. The van der Waals surface area contributed by atoms with Crippen molar-refractivity contribution >= 4 is 23.2 Å². The van der Waals surface area contributed by atoms with Gasteiger partial charge >= 0.3 is 0 Å². The van der Waals surface area contributed by atoms with Crippen molar-refractivity contribution in [2.24, 2.45) is 0 Å². The molecular formula is C16H26ClN3O. The molecule has 21 heavy (non-hydrogen) atoms. The van der Waals surface area contributed by atoms with Crippen LogP contribution in [0.15, 0.2) is 18.2 Å². The molecule has 0 aliphatic carbocycles. The van der Waals surface area contributed by atoms with Gasteiger partial charge in [0.25, 0.3) is 5.91 Å². The number of halogens is 1. The lowest BCUT2D eigenvalue weighted by molar-refractivity contribution is 0.0937. The van der Waals surface area contributed by atoms with Crippen LogP contribution in [-0.2, 0) is 0 Å². The second kappa shape index (κ2) is 8.90. The van der Waals surface area contributed by atoms with E-state index in [2.05, 4.69) is 24.1 Å². The number of hydrogen-bond acceptors (Lipinski definition) is 3. The number of amides is 1. The second-order valence-electron chi connectivity index (χ2n) is 5.28. The van der Waals surface area contributed by atoms with Gasteiger partial charge in [-0.05, 0) is 57.6 Å². The van der Waals surface area contributed by atoms with Crippen LogP contribution in [0.3, 0.4) is 0 Å². The summed E-state index contributed by atoms with van der Waals surface area (Å²) in [5.74, 6) is -0.104. The van der Waals surface area contributed by atoms with E-state index in [-0.39, 0.29) is 11.9 Å². The standard InChI is InChI=1S/C16H26ClN3O/c1-4-20(5-2)10-6-7-12(3)19-16(21)13-8-9-15(18)14(17)11-13/h8-9,11-12H,4-7,10,18H2,1-3H3,(H,19,21). The average molecular weight is 312 g/mol. The maximum atomic E-state index is 12.1. The lowest BCUT2D eigenvalue weighted by Gasteiger charge is -2.19. The molecule has 0 aliphatic rings. The predicted molar refractivity (Wildman–Crippen MR) is 89.8 cm³/mol. The number of carbonyl (C=O) groups is 1. The zero-order valence-electron chi connectivity index (χ0n) is 13.2. The molecule has 0 aliphatic heterocycles. The van der Waals surface area contributed by atoms with Crippen LogP contribution >= 0.6 is 11.6 Å². The van der Waals surface area contributed by atoms with Crippen molar-refractivity contribution in [3.63, 3.8) is 0 Å². The van der Waals surface area contributed by atoms with E-state index in [0.29, 0.717) is 16.3 Å². The van der Waals surface area contributed by atoms with Crippen molar-refractivity contribution in [2.75, 3.05) is 25.4 Å². The first kappa shape index (κ1) is 17.8. The van der Waals surface area contributed by atoms with Gasteiger partial charge in [-0.25, -0.2) is 0 Å². The van der Waals surface area contributed by atoms with Crippen LogP contribution in [0, 0.1) is 0 Å². The topological polar surface area (TPSA) is 58.4 Å². The van der Waals surface area contributed by atoms with Crippen molar-refractivity contribution in [1.82, 2.24) is 10.2 Å². The number of nitrogens with zero attached hydrogens (tertiary/aromatic N) is 1. The summed E-state index contributed by atoms with van der Waals surface area (Å²) in [5, 5.41) is 3.41. The maximum Gasteiger partial charge on any atom is 0.251 e. The molecule has 1 aromatic carbocycles. The minimum atomic E-state index is -0.104. The highest BCUT2D eigenvalue weighted by Gasteiger charge is 2.11. The highest BCUT2D eigenvalue weighted by Crippen LogP contribution is 2.19. The first-order valence-corrected chi connectivity index (χ1v) is 7.93. The smallest absolute Gasteiger partial charge is 0.251 e. The van der Waals surface area contributed by atoms with Gasteiger partial charge < -0.3 is 16.0 Å². The molecule has 0 spiro atoms. The van der Waals surface area contributed by atoms with Crippen molar-refractivity contribution in [3.05, 3.63) is 28.8 Å². The summed E-state index contributed by atoms with van der Waals surface area (Å²) in [6.07, 6.45) is 2.04. The van der Waals surface area contributed by atoms with Crippen LogP contribution < -0.4 is 11.1 Å². The molecule has 3 N–H and O–H groups in total. The number of anilines is 1. The van der Waals surface area contributed by atoms with Crippen LogP contribution in [-0.4, -0.2) is 36.5 Å². The monoisotopic (exact) mass is 311 g/mol. The molecule has 1 aromatic rings. The molecule has 5 heteroatoms.